The zero-order valence-electron chi connectivity index (χ0n) is 10.1. The van der Waals surface area contributed by atoms with Gasteiger partial charge in [-0.1, -0.05) is 21.9 Å². The van der Waals surface area contributed by atoms with Crippen molar-refractivity contribution in [3.05, 3.63) is 34.8 Å². The van der Waals surface area contributed by atoms with Crippen LogP contribution in [0.1, 0.15) is 0 Å². The Balaban J connectivity index is 2.04. The number of anilines is 1. The third-order valence-corrected chi connectivity index (χ3v) is 2.96. The molecule has 2 aromatic rings. The largest absolute Gasteiger partial charge is 0.361 e. The lowest BCUT2D eigenvalue weighted by Gasteiger charge is -2.06. The SMILES string of the molecule is C#CCNC(=O)CNc1ccc2cc(Br)ccc2n1. The summed E-state index contributed by atoms with van der Waals surface area (Å²) < 4.78 is 1.01. The average Bonchev–Trinajstić information content (AvgIpc) is 2.42. The summed E-state index contributed by atoms with van der Waals surface area (Å²) in [5, 5.41) is 6.57. The smallest absolute Gasteiger partial charge is 0.240 e. The van der Waals surface area contributed by atoms with Crippen LogP contribution in [0.4, 0.5) is 5.82 Å². The van der Waals surface area contributed by atoms with E-state index in [1.54, 1.807) is 0 Å². The van der Waals surface area contributed by atoms with E-state index in [1.807, 2.05) is 30.3 Å². The van der Waals surface area contributed by atoms with Crippen molar-refractivity contribution in [3.63, 3.8) is 0 Å². The molecule has 0 radical (unpaired) electrons. The molecule has 0 fully saturated rings. The highest BCUT2D eigenvalue weighted by molar-refractivity contribution is 9.10. The van der Waals surface area contributed by atoms with Crippen LogP contribution in [0, 0.1) is 12.3 Å². The number of halogens is 1. The minimum Gasteiger partial charge on any atom is -0.361 e. The molecule has 0 saturated heterocycles. The second kappa shape index (κ2) is 6.21. The van der Waals surface area contributed by atoms with Crippen LogP contribution in [0.25, 0.3) is 10.9 Å². The molecule has 0 atom stereocenters. The zero-order valence-corrected chi connectivity index (χ0v) is 11.7. The lowest BCUT2D eigenvalue weighted by atomic mass is 10.2. The van der Waals surface area contributed by atoms with Gasteiger partial charge in [0.15, 0.2) is 0 Å². The van der Waals surface area contributed by atoms with Gasteiger partial charge in [0.05, 0.1) is 18.6 Å². The summed E-state index contributed by atoms with van der Waals surface area (Å²) >= 11 is 3.41. The van der Waals surface area contributed by atoms with E-state index in [0.29, 0.717) is 5.82 Å². The minimum atomic E-state index is -0.157. The first kappa shape index (κ1) is 13.4. The summed E-state index contributed by atoms with van der Waals surface area (Å²) in [6.07, 6.45) is 5.06. The Labute approximate surface area is 119 Å². The first-order valence-electron chi connectivity index (χ1n) is 5.69. The van der Waals surface area contributed by atoms with Gasteiger partial charge in [-0.3, -0.25) is 4.79 Å². The van der Waals surface area contributed by atoms with E-state index in [0.717, 1.165) is 15.4 Å². The van der Waals surface area contributed by atoms with Crippen molar-refractivity contribution in [2.75, 3.05) is 18.4 Å². The number of carbonyl (C=O) groups is 1. The molecule has 1 aromatic heterocycles. The highest BCUT2D eigenvalue weighted by Gasteiger charge is 2.02. The van der Waals surface area contributed by atoms with E-state index < -0.39 is 0 Å². The van der Waals surface area contributed by atoms with Crippen LogP contribution in [-0.4, -0.2) is 24.0 Å². The maximum Gasteiger partial charge on any atom is 0.240 e. The molecule has 1 amide bonds. The van der Waals surface area contributed by atoms with Gasteiger partial charge >= 0.3 is 0 Å². The molecule has 96 valence electrons. The fraction of sp³-hybridized carbons (Fsp3) is 0.143. The Morgan fingerprint density at radius 3 is 3.00 bits per heavy atom. The van der Waals surface area contributed by atoms with E-state index in [-0.39, 0.29) is 19.0 Å². The molecule has 2 rings (SSSR count). The summed E-state index contributed by atoms with van der Waals surface area (Å²) in [4.78, 5) is 15.8. The standard InChI is InChI=1S/C14H12BrN3O/c1-2-7-16-14(19)9-17-13-6-3-10-8-11(15)4-5-12(10)18-13/h1,3-6,8H,7,9H2,(H,16,19)(H,17,18). The summed E-state index contributed by atoms with van der Waals surface area (Å²) in [6.45, 7) is 0.385. The molecular formula is C14H12BrN3O. The second-order valence-corrected chi connectivity index (χ2v) is 4.78. The molecule has 4 nitrogen and oxygen atoms in total. The average molecular weight is 318 g/mol. The molecule has 0 aliphatic heterocycles. The fourth-order valence-electron chi connectivity index (χ4n) is 1.58. The summed E-state index contributed by atoms with van der Waals surface area (Å²) in [6, 6.07) is 9.63. The molecule has 19 heavy (non-hydrogen) atoms. The lowest BCUT2D eigenvalue weighted by Crippen LogP contribution is -2.30. The van der Waals surface area contributed by atoms with E-state index >= 15 is 0 Å². The summed E-state index contributed by atoms with van der Waals surface area (Å²) in [7, 11) is 0. The third-order valence-electron chi connectivity index (χ3n) is 2.47. The molecule has 1 aromatic carbocycles. The number of hydrogen-bond donors (Lipinski definition) is 2. The van der Waals surface area contributed by atoms with Gasteiger partial charge in [-0.2, -0.15) is 0 Å². The van der Waals surface area contributed by atoms with Crippen LogP contribution in [0.2, 0.25) is 0 Å². The van der Waals surface area contributed by atoms with Gasteiger partial charge in [-0.05, 0) is 30.3 Å². The molecule has 5 heteroatoms. The molecule has 1 heterocycles. The van der Waals surface area contributed by atoms with Gasteiger partial charge in [-0.25, -0.2) is 4.98 Å². The van der Waals surface area contributed by atoms with Crippen LogP contribution >= 0.6 is 15.9 Å². The number of rotatable bonds is 4. The molecule has 0 saturated carbocycles. The van der Waals surface area contributed by atoms with E-state index in [1.165, 1.54) is 0 Å². The molecule has 0 spiro atoms. The number of terminal acetylenes is 1. The maximum absolute atomic E-state index is 11.4. The summed E-state index contributed by atoms with van der Waals surface area (Å²) in [5.41, 5.74) is 0.872. The van der Waals surface area contributed by atoms with Gasteiger partial charge in [0.1, 0.15) is 5.82 Å². The predicted octanol–water partition coefficient (Wildman–Crippen LogP) is 2.16. The van der Waals surface area contributed by atoms with Crippen molar-refractivity contribution in [2.45, 2.75) is 0 Å². The van der Waals surface area contributed by atoms with Crippen molar-refractivity contribution in [1.82, 2.24) is 10.3 Å². The third kappa shape index (κ3) is 3.70. The first-order chi connectivity index (χ1) is 9.19. The Morgan fingerprint density at radius 2 is 2.21 bits per heavy atom. The van der Waals surface area contributed by atoms with Crippen molar-refractivity contribution in [1.29, 1.82) is 0 Å². The molecule has 0 aliphatic carbocycles. The zero-order chi connectivity index (χ0) is 13.7. The lowest BCUT2D eigenvalue weighted by molar-refractivity contribution is -0.119. The number of nitrogens with one attached hydrogen (secondary N) is 2. The quantitative estimate of drug-likeness (QED) is 0.850. The minimum absolute atomic E-state index is 0.150. The van der Waals surface area contributed by atoms with Gasteiger partial charge < -0.3 is 10.6 Å². The van der Waals surface area contributed by atoms with Crippen LogP contribution in [0.5, 0.6) is 0 Å². The van der Waals surface area contributed by atoms with E-state index in [9.17, 15) is 4.79 Å². The van der Waals surface area contributed by atoms with Crippen LogP contribution in [0.3, 0.4) is 0 Å². The van der Waals surface area contributed by atoms with Gasteiger partial charge in [-0.15, -0.1) is 6.42 Å². The van der Waals surface area contributed by atoms with Crippen molar-refractivity contribution in [3.8, 4) is 12.3 Å². The number of benzene rings is 1. The molecule has 0 unspecified atom stereocenters. The number of aromatic nitrogens is 1. The van der Waals surface area contributed by atoms with E-state index in [2.05, 4.69) is 37.5 Å². The second-order valence-electron chi connectivity index (χ2n) is 3.87. The number of nitrogens with zero attached hydrogens (tertiary/aromatic N) is 1. The number of hydrogen-bond acceptors (Lipinski definition) is 3. The van der Waals surface area contributed by atoms with Crippen molar-refractivity contribution in [2.24, 2.45) is 0 Å². The van der Waals surface area contributed by atoms with Crippen molar-refractivity contribution >= 4 is 38.6 Å². The topological polar surface area (TPSA) is 54.0 Å². The van der Waals surface area contributed by atoms with Gasteiger partial charge in [0.25, 0.3) is 0 Å². The number of carbonyl (C=O) groups excluding carboxylic acids is 1. The summed E-state index contributed by atoms with van der Waals surface area (Å²) in [5.74, 6) is 2.85. The maximum atomic E-state index is 11.4. The molecule has 2 N–H and O–H groups in total. The van der Waals surface area contributed by atoms with Crippen LogP contribution in [-0.2, 0) is 4.79 Å². The normalized spacial score (nSPS) is 9.89. The Bertz CT molecular complexity index is 649. The number of amides is 1. The molecular weight excluding hydrogens is 306 g/mol. The predicted molar refractivity (Wildman–Crippen MR) is 79.8 cm³/mol. The number of fused-ring (bicyclic) bond motifs is 1. The Kier molecular flexibility index (Phi) is 4.37. The number of pyridine rings is 1. The van der Waals surface area contributed by atoms with Crippen LogP contribution < -0.4 is 10.6 Å². The molecule has 0 aliphatic rings. The van der Waals surface area contributed by atoms with Crippen LogP contribution in [0.15, 0.2) is 34.8 Å². The fourth-order valence-corrected chi connectivity index (χ4v) is 1.96. The van der Waals surface area contributed by atoms with Crippen molar-refractivity contribution < 1.29 is 4.79 Å². The first-order valence-corrected chi connectivity index (χ1v) is 6.48. The van der Waals surface area contributed by atoms with Gasteiger partial charge in [0, 0.05) is 9.86 Å². The Morgan fingerprint density at radius 1 is 1.37 bits per heavy atom. The highest BCUT2D eigenvalue weighted by Crippen LogP contribution is 2.19. The molecule has 0 bridgehead atoms. The highest BCUT2D eigenvalue weighted by atomic mass is 79.9. The van der Waals surface area contributed by atoms with E-state index in [4.69, 9.17) is 6.42 Å². The monoisotopic (exact) mass is 317 g/mol. The Hall–Kier alpha value is -2.06. The van der Waals surface area contributed by atoms with Gasteiger partial charge in [0.2, 0.25) is 5.91 Å².